The monoisotopic (exact) mass is 289 g/mol. The number of carboxylic acid groups (broad SMARTS) is 1. The highest BCUT2D eigenvalue weighted by molar-refractivity contribution is 5.80. The lowest BCUT2D eigenvalue weighted by molar-refractivity contribution is -0.138. The van der Waals surface area contributed by atoms with Crippen LogP contribution in [-0.2, 0) is 4.79 Å². The van der Waals surface area contributed by atoms with Crippen molar-refractivity contribution in [2.24, 2.45) is 0 Å². The summed E-state index contributed by atoms with van der Waals surface area (Å²) in [5, 5.41) is 12.2. The van der Waals surface area contributed by atoms with Gasteiger partial charge in [0.25, 0.3) is 0 Å². The Hall–Kier alpha value is -2.56. The van der Waals surface area contributed by atoms with Crippen molar-refractivity contribution in [2.75, 3.05) is 12.4 Å². The van der Waals surface area contributed by atoms with Gasteiger partial charge in [0.15, 0.2) is 6.04 Å². The molecule has 0 radical (unpaired) electrons. The standard InChI is InChI=1S/C16H16FNO3/c1-10-7-8-12(17)11(9-10)15(16(19)20)18-13-5-3-4-6-14(13)21-2/h3-9,15,18H,1-2H3,(H,19,20). The summed E-state index contributed by atoms with van der Waals surface area (Å²) in [5.74, 6) is -1.22. The lowest BCUT2D eigenvalue weighted by Crippen LogP contribution is -2.22. The molecule has 0 saturated carbocycles. The molecule has 110 valence electrons. The molecule has 0 fully saturated rings. The van der Waals surface area contributed by atoms with Gasteiger partial charge in [0.05, 0.1) is 12.8 Å². The van der Waals surface area contributed by atoms with E-state index < -0.39 is 17.8 Å². The Bertz CT molecular complexity index is 658. The van der Waals surface area contributed by atoms with Crippen molar-refractivity contribution in [3.8, 4) is 5.75 Å². The highest BCUT2D eigenvalue weighted by Gasteiger charge is 2.24. The van der Waals surface area contributed by atoms with Crippen molar-refractivity contribution in [3.63, 3.8) is 0 Å². The van der Waals surface area contributed by atoms with Crippen molar-refractivity contribution < 1.29 is 19.0 Å². The van der Waals surface area contributed by atoms with Crippen LogP contribution in [0.15, 0.2) is 42.5 Å². The zero-order valence-corrected chi connectivity index (χ0v) is 11.8. The number of anilines is 1. The highest BCUT2D eigenvalue weighted by Crippen LogP contribution is 2.29. The topological polar surface area (TPSA) is 58.6 Å². The molecule has 4 nitrogen and oxygen atoms in total. The Kier molecular flexibility index (Phi) is 4.42. The Morgan fingerprint density at radius 3 is 2.67 bits per heavy atom. The van der Waals surface area contributed by atoms with Gasteiger partial charge in [0, 0.05) is 5.56 Å². The first-order valence-corrected chi connectivity index (χ1v) is 6.41. The molecule has 2 N–H and O–H groups in total. The minimum Gasteiger partial charge on any atom is -0.495 e. The largest absolute Gasteiger partial charge is 0.495 e. The Labute approximate surface area is 122 Å². The van der Waals surface area contributed by atoms with Crippen molar-refractivity contribution in [1.82, 2.24) is 0 Å². The third kappa shape index (κ3) is 3.31. The minimum atomic E-state index is -1.19. The smallest absolute Gasteiger partial charge is 0.330 e. The molecule has 0 saturated heterocycles. The number of aliphatic carboxylic acids is 1. The first-order chi connectivity index (χ1) is 10.0. The number of aryl methyl sites for hydroxylation is 1. The maximum absolute atomic E-state index is 13.9. The summed E-state index contributed by atoms with van der Waals surface area (Å²) in [6, 6.07) is 10.1. The van der Waals surface area contributed by atoms with E-state index in [4.69, 9.17) is 4.74 Å². The fraction of sp³-hybridized carbons (Fsp3) is 0.188. The fourth-order valence-electron chi connectivity index (χ4n) is 2.08. The summed E-state index contributed by atoms with van der Waals surface area (Å²) < 4.78 is 19.1. The Morgan fingerprint density at radius 1 is 1.29 bits per heavy atom. The van der Waals surface area contributed by atoms with Crippen LogP contribution in [0, 0.1) is 12.7 Å². The first kappa shape index (κ1) is 14.8. The number of para-hydroxylation sites is 2. The highest BCUT2D eigenvalue weighted by atomic mass is 19.1. The van der Waals surface area contributed by atoms with E-state index in [0.717, 1.165) is 5.56 Å². The Balaban J connectivity index is 2.40. The number of benzene rings is 2. The van der Waals surface area contributed by atoms with Crippen LogP contribution >= 0.6 is 0 Å². The van der Waals surface area contributed by atoms with Crippen molar-refractivity contribution in [2.45, 2.75) is 13.0 Å². The van der Waals surface area contributed by atoms with E-state index in [1.165, 1.54) is 19.2 Å². The van der Waals surface area contributed by atoms with Crippen LogP contribution in [0.1, 0.15) is 17.2 Å². The summed E-state index contributed by atoms with van der Waals surface area (Å²) in [4.78, 5) is 11.5. The second kappa shape index (κ2) is 6.26. The normalized spacial score (nSPS) is 11.8. The molecule has 0 spiro atoms. The molecule has 0 aliphatic rings. The van der Waals surface area contributed by atoms with E-state index in [0.29, 0.717) is 11.4 Å². The van der Waals surface area contributed by atoms with Crippen molar-refractivity contribution in [3.05, 3.63) is 59.4 Å². The van der Waals surface area contributed by atoms with E-state index >= 15 is 0 Å². The van der Waals surface area contributed by atoms with Gasteiger partial charge >= 0.3 is 5.97 Å². The molecule has 0 heterocycles. The van der Waals surface area contributed by atoms with Gasteiger partial charge in [-0.2, -0.15) is 0 Å². The molecule has 2 aromatic carbocycles. The average Bonchev–Trinajstić information content (AvgIpc) is 2.47. The second-order valence-corrected chi connectivity index (χ2v) is 4.64. The number of carboxylic acids is 1. The third-order valence-electron chi connectivity index (χ3n) is 3.12. The molecule has 1 atom stereocenters. The number of halogens is 1. The first-order valence-electron chi connectivity index (χ1n) is 6.41. The van der Waals surface area contributed by atoms with Crippen LogP contribution in [0.2, 0.25) is 0 Å². The van der Waals surface area contributed by atoms with E-state index in [9.17, 15) is 14.3 Å². The summed E-state index contributed by atoms with van der Waals surface area (Å²) in [5.41, 5.74) is 1.38. The maximum atomic E-state index is 13.9. The van der Waals surface area contributed by atoms with Crippen LogP contribution in [-0.4, -0.2) is 18.2 Å². The average molecular weight is 289 g/mol. The number of rotatable bonds is 5. The molecule has 5 heteroatoms. The summed E-state index contributed by atoms with van der Waals surface area (Å²) >= 11 is 0. The van der Waals surface area contributed by atoms with Gasteiger partial charge in [-0.05, 0) is 25.1 Å². The third-order valence-corrected chi connectivity index (χ3v) is 3.12. The van der Waals surface area contributed by atoms with Crippen molar-refractivity contribution >= 4 is 11.7 Å². The van der Waals surface area contributed by atoms with Crippen LogP contribution in [0.3, 0.4) is 0 Å². The van der Waals surface area contributed by atoms with Gasteiger partial charge in [-0.1, -0.05) is 29.8 Å². The van der Waals surface area contributed by atoms with Crippen LogP contribution < -0.4 is 10.1 Å². The van der Waals surface area contributed by atoms with E-state index in [1.807, 2.05) is 0 Å². The molecular weight excluding hydrogens is 273 g/mol. The number of carbonyl (C=O) groups is 1. The molecule has 0 aliphatic carbocycles. The van der Waals surface area contributed by atoms with Crippen LogP contribution in [0.25, 0.3) is 0 Å². The second-order valence-electron chi connectivity index (χ2n) is 4.64. The quantitative estimate of drug-likeness (QED) is 0.886. The van der Waals surface area contributed by atoms with Gasteiger partial charge in [-0.15, -0.1) is 0 Å². The molecule has 2 aromatic rings. The van der Waals surface area contributed by atoms with Gasteiger partial charge in [-0.25, -0.2) is 9.18 Å². The van der Waals surface area contributed by atoms with Crippen LogP contribution in [0.5, 0.6) is 5.75 Å². The SMILES string of the molecule is COc1ccccc1NC(C(=O)O)c1cc(C)ccc1F. The van der Waals surface area contributed by atoms with E-state index in [2.05, 4.69) is 5.32 Å². The lowest BCUT2D eigenvalue weighted by atomic mass is 10.0. The Morgan fingerprint density at radius 2 is 2.00 bits per heavy atom. The summed E-state index contributed by atoms with van der Waals surface area (Å²) in [6.07, 6.45) is 0. The lowest BCUT2D eigenvalue weighted by Gasteiger charge is -2.19. The van der Waals surface area contributed by atoms with E-state index in [1.54, 1.807) is 37.3 Å². The molecule has 0 aromatic heterocycles. The molecule has 1 unspecified atom stereocenters. The van der Waals surface area contributed by atoms with Crippen LogP contribution in [0.4, 0.5) is 10.1 Å². The van der Waals surface area contributed by atoms with Gasteiger partial charge in [0.1, 0.15) is 11.6 Å². The van der Waals surface area contributed by atoms with Gasteiger partial charge in [0.2, 0.25) is 0 Å². The van der Waals surface area contributed by atoms with E-state index in [-0.39, 0.29) is 5.56 Å². The zero-order valence-electron chi connectivity index (χ0n) is 11.8. The minimum absolute atomic E-state index is 0.0911. The van der Waals surface area contributed by atoms with Gasteiger partial charge in [-0.3, -0.25) is 0 Å². The number of hydrogen-bond acceptors (Lipinski definition) is 3. The molecule has 2 rings (SSSR count). The predicted molar refractivity (Wildman–Crippen MR) is 78.1 cm³/mol. The number of methoxy groups -OCH3 is 1. The maximum Gasteiger partial charge on any atom is 0.330 e. The molecule has 0 aliphatic heterocycles. The predicted octanol–water partition coefficient (Wildman–Crippen LogP) is 3.38. The number of hydrogen-bond donors (Lipinski definition) is 2. The number of nitrogens with one attached hydrogen (secondary N) is 1. The summed E-state index contributed by atoms with van der Waals surface area (Å²) in [7, 11) is 1.49. The van der Waals surface area contributed by atoms with Gasteiger partial charge < -0.3 is 15.2 Å². The molecular formula is C16H16FNO3. The molecule has 0 bridgehead atoms. The van der Waals surface area contributed by atoms with Crippen molar-refractivity contribution in [1.29, 1.82) is 0 Å². The zero-order chi connectivity index (χ0) is 15.4. The fourth-order valence-corrected chi connectivity index (χ4v) is 2.08. The molecule has 0 amide bonds. The summed E-state index contributed by atoms with van der Waals surface area (Å²) in [6.45, 7) is 1.78. The molecule has 21 heavy (non-hydrogen) atoms. The number of ether oxygens (including phenoxy) is 1.